The van der Waals surface area contributed by atoms with Gasteiger partial charge in [0.1, 0.15) is 0 Å². The van der Waals surface area contributed by atoms with Crippen LogP contribution in [0.1, 0.15) is 27.2 Å². The number of carboxylic acid groups (broad SMARTS) is 1. The summed E-state index contributed by atoms with van der Waals surface area (Å²) in [4.78, 5) is 10.2. The highest BCUT2D eigenvalue weighted by Gasteiger charge is 2.19. The topological polar surface area (TPSA) is 58.6 Å². The van der Waals surface area contributed by atoms with Gasteiger partial charge in [-0.2, -0.15) is 0 Å². The largest absolute Gasteiger partial charge is 0.480 e. The Morgan fingerprint density at radius 1 is 1.62 bits per heavy atom. The lowest BCUT2D eigenvalue weighted by atomic mass is 10.00. The Hall–Kier alpha value is -0.610. The van der Waals surface area contributed by atoms with Gasteiger partial charge in [-0.3, -0.25) is 4.79 Å². The number of nitrogens with one attached hydrogen (secondary N) is 1. The molecule has 13 heavy (non-hydrogen) atoms. The van der Waals surface area contributed by atoms with Gasteiger partial charge in [-0.25, -0.2) is 0 Å². The monoisotopic (exact) mass is 189 g/mol. The van der Waals surface area contributed by atoms with Gasteiger partial charge in [0.2, 0.25) is 0 Å². The zero-order chi connectivity index (χ0) is 10.5. The first kappa shape index (κ1) is 12.4. The van der Waals surface area contributed by atoms with Gasteiger partial charge in [0.25, 0.3) is 0 Å². The molecule has 0 spiro atoms. The first-order chi connectivity index (χ1) is 5.87. The van der Waals surface area contributed by atoms with Crippen LogP contribution in [0.5, 0.6) is 0 Å². The highest BCUT2D eigenvalue weighted by molar-refractivity contribution is 5.69. The van der Waals surface area contributed by atoms with E-state index in [2.05, 4.69) is 5.32 Å². The van der Waals surface area contributed by atoms with Gasteiger partial charge in [-0.1, -0.05) is 0 Å². The molecule has 0 radical (unpaired) electrons. The van der Waals surface area contributed by atoms with Crippen LogP contribution in [0.25, 0.3) is 0 Å². The second-order valence-corrected chi connectivity index (χ2v) is 3.84. The number of hydrogen-bond acceptors (Lipinski definition) is 3. The number of carbonyl (C=O) groups is 1. The number of carboxylic acids is 1. The predicted molar refractivity (Wildman–Crippen MR) is 50.8 cm³/mol. The fourth-order valence-electron chi connectivity index (χ4n) is 1.15. The number of ether oxygens (including phenoxy) is 1. The van der Waals surface area contributed by atoms with Crippen molar-refractivity contribution in [3.05, 3.63) is 0 Å². The molecule has 2 N–H and O–H groups in total. The normalized spacial score (nSPS) is 14.2. The minimum Gasteiger partial charge on any atom is -0.480 e. The Kier molecular flexibility index (Phi) is 4.95. The van der Waals surface area contributed by atoms with Crippen molar-refractivity contribution in [1.82, 2.24) is 5.32 Å². The maximum Gasteiger partial charge on any atom is 0.317 e. The average molecular weight is 189 g/mol. The van der Waals surface area contributed by atoms with Crippen molar-refractivity contribution in [1.29, 1.82) is 0 Å². The van der Waals surface area contributed by atoms with Crippen molar-refractivity contribution in [2.45, 2.75) is 38.8 Å². The maximum absolute atomic E-state index is 10.2. The molecule has 0 aliphatic heterocycles. The van der Waals surface area contributed by atoms with Gasteiger partial charge in [0.05, 0.1) is 12.1 Å². The van der Waals surface area contributed by atoms with Crippen LogP contribution in [0.15, 0.2) is 0 Å². The fraction of sp³-hybridized carbons (Fsp3) is 0.889. The van der Waals surface area contributed by atoms with Gasteiger partial charge in [0, 0.05) is 13.2 Å². The minimum atomic E-state index is -0.831. The van der Waals surface area contributed by atoms with E-state index in [9.17, 15) is 4.79 Å². The second-order valence-electron chi connectivity index (χ2n) is 3.84. The number of methoxy groups -OCH3 is 1. The third-order valence-electron chi connectivity index (χ3n) is 1.95. The molecule has 0 bridgehead atoms. The van der Waals surface area contributed by atoms with Crippen LogP contribution in [-0.4, -0.2) is 36.4 Å². The summed E-state index contributed by atoms with van der Waals surface area (Å²) in [5.74, 6) is -0.831. The lowest BCUT2D eigenvalue weighted by Crippen LogP contribution is -2.38. The molecule has 78 valence electrons. The summed E-state index contributed by atoms with van der Waals surface area (Å²) in [7, 11) is 1.66. The van der Waals surface area contributed by atoms with Crippen LogP contribution in [0, 0.1) is 0 Å². The zero-order valence-electron chi connectivity index (χ0n) is 8.76. The van der Waals surface area contributed by atoms with Crippen molar-refractivity contribution in [3.63, 3.8) is 0 Å². The number of hydrogen-bond donors (Lipinski definition) is 2. The molecule has 0 heterocycles. The van der Waals surface area contributed by atoms with Crippen molar-refractivity contribution in [3.8, 4) is 0 Å². The van der Waals surface area contributed by atoms with E-state index >= 15 is 0 Å². The summed E-state index contributed by atoms with van der Waals surface area (Å²) in [6.07, 6.45) is 0.788. The third kappa shape index (κ3) is 6.54. The molecule has 1 unspecified atom stereocenters. The molecule has 0 saturated carbocycles. The van der Waals surface area contributed by atoms with Crippen LogP contribution in [-0.2, 0) is 9.53 Å². The fourth-order valence-corrected chi connectivity index (χ4v) is 1.15. The van der Waals surface area contributed by atoms with Gasteiger partial charge in [-0.05, 0) is 27.2 Å². The summed E-state index contributed by atoms with van der Waals surface area (Å²) in [6.45, 7) is 5.91. The molecular formula is C9H19NO3. The SMILES string of the molecule is COC(C)(C)CC(C)NCC(=O)O. The van der Waals surface area contributed by atoms with E-state index in [4.69, 9.17) is 9.84 Å². The van der Waals surface area contributed by atoms with E-state index < -0.39 is 5.97 Å². The smallest absolute Gasteiger partial charge is 0.317 e. The highest BCUT2D eigenvalue weighted by atomic mass is 16.5. The Bertz CT molecular complexity index is 168. The maximum atomic E-state index is 10.2. The van der Waals surface area contributed by atoms with E-state index in [1.807, 2.05) is 20.8 Å². The molecule has 0 aliphatic rings. The Balaban J connectivity index is 3.73. The van der Waals surface area contributed by atoms with Crippen LogP contribution >= 0.6 is 0 Å². The van der Waals surface area contributed by atoms with Gasteiger partial charge in [0.15, 0.2) is 0 Å². The summed E-state index contributed by atoms with van der Waals surface area (Å²) in [5.41, 5.74) is -0.203. The summed E-state index contributed by atoms with van der Waals surface area (Å²) >= 11 is 0. The standard InChI is InChI=1S/C9H19NO3/c1-7(10-6-8(11)12)5-9(2,3)13-4/h7,10H,5-6H2,1-4H3,(H,11,12). The highest BCUT2D eigenvalue weighted by Crippen LogP contribution is 2.14. The van der Waals surface area contributed by atoms with Crippen molar-refractivity contribution in [2.24, 2.45) is 0 Å². The first-order valence-electron chi connectivity index (χ1n) is 4.38. The van der Waals surface area contributed by atoms with E-state index in [0.717, 1.165) is 6.42 Å². The van der Waals surface area contributed by atoms with E-state index in [1.54, 1.807) is 7.11 Å². The minimum absolute atomic E-state index is 0.000953. The lowest BCUT2D eigenvalue weighted by molar-refractivity contribution is -0.136. The van der Waals surface area contributed by atoms with E-state index in [1.165, 1.54) is 0 Å². The number of aliphatic carboxylic acids is 1. The van der Waals surface area contributed by atoms with Gasteiger partial charge < -0.3 is 15.2 Å². The summed E-state index contributed by atoms with van der Waals surface area (Å²) in [6, 6.07) is 0.144. The number of rotatable bonds is 6. The van der Waals surface area contributed by atoms with Gasteiger partial charge >= 0.3 is 5.97 Å². The molecule has 0 aromatic rings. The molecule has 0 aromatic heterocycles. The van der Waals surface area contributed by atoms with E-state index in [-0.39, 0.29) is 18.2 Å². The Morgan fingerprint density at radius 2 is 2.15 bits per heavy atom. The van der Waals surface area contributed by atoms with Crippen LogP contribution < -0.4 is 5.32 Å². The lowest BCUT2D eigenvalue weighted by Gasteiger charge is -2.26. The summed E-state index contributed by atoms with van der Waals surface area (Å²) < 4.78 is 5.23. The molecule has 0 fully saturated rings. The molecule has 0 rings (SSSR count). The predicted octanol–water partition coefficient (Wildman–Crippen LogP) is 0.864. The first-order valence-corrected chi connectivity index (χ1v) is 4.38. The van der Waals surface area contributed by atoms with E-state index in [0.29, 0.717) is 0 Å². The quantitative estimate of drug-likeness (QED) is 0.650. The molecular weight excluding hydrogens is 170 g/mol. The van der Waals surface area contributed by atoms with Gasteiger partial charge in [-0.15, -0.1) is 0 Å². The summed E-state index contributed by atoms with van der Waals surface area (Å²) in [5, 5.41) is 11.3. The molecule has 0 aromatic carbocycles. The average Bonchev–Trinajstić information content (AvgIpc) is 2.00. The molecule has 4 nitrogen and oxygen atoms in total. The zero-order valence-corrected chi connectivity index (χ0v) is 8.76. The van der Waals surface area contributed by atoms with Crippen molar-refractivity contribution >= 4 is 5.97 Å². The van der Waals surface area contributed by atoms with Crippen molar-refractivity contribution < 1.29 is 14.6 Å². The second kappa shape index (κ2) is 5.19. The molecule has 0 saturated heterocycles. The molecule has 1 atom stereocenters. The van der Waals surface area contributed by atoms with Crippen LogP contribution in [0.4, 0.5) is 0 Å². The molecule has 0 aliphatic carbocycles. The molecule has 4 heteroatoms. The van der Waals surface area contributed by atoms with Crippen LogP contribution in [0.2, 0.25) is 0 Å². The molecule has 0 amide bonds. The Morgan fingerprint density at radius 3 is 2.54 bits per heavy atom. The van der Waals surface area contributed by atoms with Crippen LogP contribution in [0.3, 0.4) is 0 Å². The Labute approximate surface area is 79.3 Å². The van der Waals surface area contributed by atoms with Crippen molar-refractivity contribution in [2.75, 3.05) is 13.7 Å². The third-order valence-corrected chi connectivity index (χ3v) is 1.95.